The summed E-state index contributed by atoms with van der Waals surface area (Å²) in [5, 5.41) is 15.0. The lowest BCUT2D eigenvalue weighted by Gasteiger charge is -2.00. The second kappa shape index (κ2) is 6.72. The molecular weight excluding hydrogens is 383 g/mol. The Kier molecular flexibility index (Phi) is 4.45. The molecular formula is C16H10Cl2N4S2. The Morgan fingerprint density at radius 2 is 1.88 bits per heavy atom. The van der Waals surface area contributed by atoms with Gasteiger partial charge in [-0.05, 0) is 30.3 Å². The minimum absolute atomic E-state index is 0.577. The quantitative estimate of drug-likeness (QED) is 0.433. The number of halogens is 2. The summed E-state index contributed by atoms with van der Waals surface area (Å²) in [5.74, 6) is 1.51. The van der Waals surface area contributed by atoms with Gasteiger partial charge in [-0.1, -0.05) is 52.7 Å². The Labute approximate surface area is 156 Å². The van der Waals surface area contributed by atoms with Gasteiger partial charge in [0.2, 0.25) is 4.96 Å². The summed E-state index contributed by atoms with van der Waals surface area (Å²) in [7, 11) is 0. The highest BCUT2D eigenvalue weighted by atomic mass is 35.5. The zero-order chi connectivity index (χ0) is 16.5. The van der Waals surface area contributed by atoms with E-state index in [0.717, 1.165) is 21.4 Å². The largest absolute Gasteiger partial charge is 0.235 e. The molecule has 0 aliphatic carbocycles. The number of fused-ring (bicyclic) bond motifs is 1. The summed E-state index contributed by atoms with van der Waals surface area (Å²) in [6.07, 6.45) is 0. The van der Waals surface area contributed by atoms with Gasteiger partial charge in [-0.25, -0.2) is 0 Å². The normalized spacial score (nSPS) is 11.2. The maximum atomic E-state index is 6.27. The first-order valence-electron chi connectivity index (χ1n) is 7.05. The maximum Gasteiger partial charge on any atom is 0.235 e. The van der Waals surface area contributed by atoms with E-state index in [9.17, 15) is 0 Å². The minimum atomic E-state index is 0.577. The van der Waals surface area contributed by atoms with Crippen LogP contribution in [0.5, 0.6) is 0 Å². The molecule has 0 spiro atoms. The van der Waals surface area contributed by atoms with Crippen molar-refractivity contribution in [2.75, 3.05) is 0 Å². The van der Waals surface area contributed by atoms with E-state index >= 15 is 0 Å². The Morgan fingerprint density at radius 1 is 1.04 bits per heavy atom. The van der Waals surface area contributed by atoms with Crippen molar-refractivity contribution in [1.82, 2.24) is 19.8 Å². The maximum absolute atomic E-state index is 6.27. The lowest BCUT2D eigenvalue weighted by molar-refractivity contribution is 0.887. The molecule has 0 radical (unpaired) electrons. The molecule has 0 saturated heterocycles. The molecule has 24 heavy (non-hydrogen) atoms. The molecule has 0 amide bonds. The van der Waals surface area contributed by atoms with Gasteiger partial charge in [0.15, 0.2) is 5.82 Å². The smallest absolute Gasteiger partial charge is 0.186 e. The molecule has 4 rings (SSSR count). The first kappa shape index (κ1) is 15.9. The van der Waals surface area contributed by atoms with Crippen LogP contribution >= 0.6 is 46.3 Å². The highest BCUT2D eigenvalue weighted by molar-refractivity contribution is 7.98. The van der Waals surface area contributed by atoms with Crippen molar-refractivity contribution >= 4 is 51.3 Å². The molecule has 4 aromatic rings. The SMILES string of the molecule is Clc1ccc(-c2nn3c(CSc4ccccc4)nnc3s2)c(Cl)c1. The monoisotopic (exact) mass is 392 g/mol. The van der Waals surface area contributed by atoms with Crippen LogP contribution in [0.3, 0.4) is 0 Å². The summed E-state index contributed by atoms with van der Waals surface area (Å²) in [6, 6.07) is 15.6. The average Bonchev–Trinajstić information content (AvgIpc) is 3.15. The third-order valence-electron chi connectivity index (χ3n) is 3.33. The molecule has 2 heterocycles. The van der Waals surface area contributed by atoms with E-state index in [0.29, 0.717) is 15.8 Å². The summed E-state index contributed by atoms with van der Waals surface area (Å²) >= 11 is 15.4. The molecule has 0 unspecified atom stereocenters. The van der Waals surface area contributed by atoms with Crippen LogP contribution < -0.4 is 0 Å². The van der Waals surface area contributed by atoms with Crippen LogP contribution in [0.2, 0.25) is 10.0 Å². The molecule has 0 bridgehead atoms. The predicted octanol–water partition coefficient (Wildman–Crippen LogP) is 5.45. The molecule has 4 nitrogen and oxygen atoms in total. The summed E-state index contributed by atoms with van der Waals surface area (Å²) in [4.78, 5) is 1.94. The van der Waals surface area contributed by atoms with Crippen LogP contribution in [0.4, 0.5) is 0 Å². The number of rotatable bonds is 4. The van der Waals surface area contributed by atoms with Gasteiger partial charge >= 0.3 is 0 Å². The zero-order valence-electron chi connectivity index (χ0n) is 12.2. The number of nitrogens with zero attached hydrogens (tertiary/aromatic N) is 4. The first-order valence-corrected chi connectivity index (χ1v) is 9.61. The van der Waals surface area contributed by atoms with Crippen molar-refractivity contribution < 1.29 is 0 Å². The fourth-order valence-corrected chi connectivity index (χ4v) is 4.46. The molecule has 8 heteroatoms. The molecule has 0 fully saturated rings. The zero-order valence-corrected chi connectivity index (χ0v) is 15.3. The summed E-state index contributed by atoms with van der Waals surface area (Å²) < 4.78 is 1.78. The van der Waals surface area contributed by atoms with Gasteiger partial charge in [0.25, 0.3) is 0 Å². The van der Waals surface area contributed by atoms with E-state index in [4.69, 9.17) is 23.2 Å². The van der Waals surface area contributed by atoms with Crippen LogP contribution in [0.15, 0.2) is 53.4 Å². The summed E-state index contributed by atoms with van der Waals surface area (Å²) in [6.45, 7) is 0. The number of aromatic nitrogens is 4. The van der Waals surface area contributed by atoms with Crippen molar-refractivity contribution in [2.45, 2.75) is 10.6 Å². The third kappa shape index (κ3) is 3.15. The van der Waals surface area contributed by atoms with Gasteiger partial charge in [0.05, 0.1) is 10.8 Å². The minimum Gasteiger partial charge on any atom is -0.186 e. The van der Waals surface area contributed by atoms with E-state index < -0.39 is 0 Å². The standard InChI is InChI=1S/C16H10Cl2N4S2/c17-10-6-7-12(13(18)8-10)15-21-22-14(19-20-16(22)24-15)9-23-11-4-2-1-3-5-11/h1-8H,9H2. The Hall–Kier alpha value is -1.60. The van der Waals surface area contributed by atoms with Gasteiger partial charge in [0, 0.05) is 15.5 Å². The molecule has 120 valence electrons. The van der Waals surface area contributed by atoms with E-state index in [-0.39, 0.29) is 0 Å². The van der Waals surface area contributed by atoms with Gasteiger partial charge in [-0.2, -0.15) is 9.61 Å². The van der Waals surface area contributed by atoms with E-state index in [2.05, 4.69) is 27.4 Å². The van der Waals surface area contributed by atoms with Crippen LogP contribution in [-0.4, -0.2) is 19.8 Å². The van der Waals surface area contributed by atoms with Gasteiger partial charge in [-0.3, -0.25) is 0 Å². The third-order valence-corrected chi connectivity index (χ3v) is 5.82. The molecule has 2 aromatic carbocycles. The number of thioether (sulfide) groups is 1. The second-order valence-electron chi connectivity index (χ2n) is 4.94. The van der Waals surface area contributed by atoms with E-state index in [1.165, 1.54) is 16.2 Å². The van der Waals surface area contributed by atoms with Crippen molar-refractivity contribution in [3.8, 4) is 10.6 Å². The summed E-state index contributed by atoms with van der Waals surface area (Å²) in [5.41, 5.74) is 0.846. The highest BCUT2D eigenvalue weighted by Gasteiger charge is 2.15. The van der Waals surface area contributed by atoms with Crippen molar-refractivity contribution in [3.63, 3.8) is 0 Å². The Bertz CT molecular complexity index is 998. The fourth-order valence-electron chi connectivity index (χ4n) is 2.18. The van der Waals surface area contributed by atoms with Gasteiger partial charge in [-0.15, -0.1) is 22.0 Å². The van der Waals surface area contributed by atoms with E-state index in [1.807, 2.05) is 24.3 Å². The topological polar surface area (TPSA) is 43.1 Å². The van der Waals surface area contributed by atoms with Crippen molar-refractivity contribution in [2.24, 2.45) is 0 Å². The molecule has 0 aliphatic rings. The molecule has 0 atom stereocenters. The van der Waals surface area contributed by atoms with Crippen molar-refractivity contribution in [3.05, 3.63) is 64.4 Å². The van der Waals surface area contributed by atoms with Crippen LogP contribution in [0, 0.1) is 0 Å². The first-order chi connectivity index (χ1) is 11.7. The number of benzene rings is 2. The average molecular weight is 393 g/mol. The Balaban J connectivity index is 1.63. The molecule has 2 aromatic heterocycles. The second-order valence-corrected chi connectivity index (χ2v) is 7.79. The van der Waals surface area contributed by atoms with Crippen molar-refractivity contribution in [1.29, 1.82) is 0 Å². The number of hydrogen-bond acceptors (Lipinski definition) is 5. The van der Waals surface area contributed by atoms with Crippen LogP contribution in [-0.2, 0) is 5.75 Å². The van der Waals surface area contributed by atoms with E-state index in [1.54, 1.807) is 28.4 Å². The van der Waals surface area contributed by atoms with Crippen LogP contribution in [0.1, 0.15) is 5.82 Å². The fraction of sp³-hybridized carbons (Fsp3) is 0.0625. The predicted molar refractivity (Wildman–Crippen MR) is 100 cm³/mol. The Morgan fingerprint density at radius 3 is 2.67 bits per heavy atom. The molecule has 0 aliphatic heterocycles. The molecule has 0 saturated carbocycles. The lowest BCUT2D eigenvalue weighted by atomic mass is 10.2. The molecule has 0 N–H and O–H groups in total. The highest BCUT2D eigenvalue weighted by Crippen LogP contribution is 2.33. The van der Waals surface area contributed by atoms with Gasteiger partial charge in [0.1, 0.15) is 5.01 Å². The van der Waals surface area contributed by atoms with Crippen LogP contribution in [0.25, 0.3) is 15.5 Å². The number of hydrogen-bond donors (Lipinski definition) is 0. The lowest BCUT2D eigenvalue weighted by Crippen LogP contribution is -1.94. The van der Waals surface area contributed by atoms with Gasteiger partial charge < -0.3 is 0 Å².